The van der Waals surface area contributed by atoms with Gasteiger partial charge >= 0.3 is 0 Å². The molecule has 0 radical (unpaired) electrons. The van der Waals surface area contributed by atoms with E-state index in [4.69, 9.17) is 5.73 Å². The summed E-state index contributed by atoms with van der Waals surface area (Å²) in [6, 6.07) is 8.58. The lowest BCUT2D eigenvalue weighted by molar-refractivity contribution is -0.135. The highest BCUT2D eigenvalue weighted by atomic mass is 79.9. The van der Waals surface area contributed by atoms with E-state index in [1.807, 2.05) is 17.0 Å². The molecule has 1 aliphatic rings. The van der Waals surface area contributed by atoms with E-state index < -0.39 is 0 Å². The third kappa shape index (κ3) is 4.30. The Balaban J connectivity index is 1.97. The predicted octanol–water partition coefficient (Wildman–Crippen LogP) is 3.53. The van der Waals surface area contributed by atoms with Crippen LogP contribution in [0.25, 0.3) is 0 Å². The second-order valence-corrected chi connectivity index (χ2v) is 7.15. The number of piperidine rings is 1. The molecule has 1 aromatic rings. The van der Waals surface area contributed by atoms with Gasteiger partial charge in [-0.15, -0.1) is 0 Å². The normalized spacial score (nSPS) is 23.9. The first-order valence-corrected chi connectivity index (χ1v) is 8.55. The van der Waals surface area contributed by atoms with Crippen molar-refractivity contribution in [3.63, 3.8) is 0 Å². The lowest BCUT2D eigenvalue weighted by Crippen LogP contribution is -2.47. The van der Waals surface area contributed by atoms with Crippen molar-refractivity contribution in [2.45, 2.75) is 45.1 Å². The van der Waals surface area contributed by atoms with Crippen molar-refractivity contribution in [2.75, 3.05) is 13.1 Å². The number of amides is 1. The van der Waals surface area contributed by atoms with Crippen LogP contribution >= 0.6 is 15.9 Å². The van der Waals surface area contributed by atoms with Gasteiger partial charge in [0, 0.05) is 23.5 Å². The van der Waals surface area contributed by atoms with Crippen LogP contribution in [0, 0.1) is 5.92 Å². The first kappa shape index (κ1) is 16.5. The molecular formula is C17H25BrN2O. The van der Waals surface area contributed by atoms with E-state index >= 15 is 0 Å². The van der Waals surface area contributed by atoms with Crippen LogP contribution in [0.2, 0.25) is 0 Å². The molecule has 1 aromatic carbocycles. The molecule has 4 heteroatoms. The summed E-state index contributed by atoms with van der Waals surface area (Å²) in [6.45, 7) is 5.77. The molecule has 1 heterocycles. The van der Waals surface area contributed by atoms with Gasteiger partial charge in [-0.1, -0.05) is 35.0 Å². The maximum absolute atomic E-state index is 12.6. The number of carbonyl (C=O) groups is 1. The molecular weight excluding hydrogens is 328 g/mol. The molecule has 1 saturated heterocycles. The maximum Gasteiger partial charge on any atom is 0.223 e. The van der Waals surface area contributed by atoms with Crippen LogP contribution in [0.1, 0.15) is 44.6 Å². The molecule has 0 spiro atoms. The summed E-state index contributed by atoms with van der Waals surface area (Å²) in [5.74, 6) is 0.972. The molecule has 0 saturated carbocycles. The van der Waals surface area contributed by atoms with Crippen LogP contribution in [0.3, 0.4) is 0 Å². The molecule has 0 aromatic heterocycles. The van der Waals surface area contributed by atoms with Gasteiger partial charge in [-0.2, -0.15) is 0 Å². The number of hydrogen-bond donors (Lipinski definition) is 1. The van der Waals surface area contributed by atoms with Crippen LogP contribution in [0.15, 0.2) is 28.7 Å². The van der Waals surface area contributed by atoms with Gasteiger partial charge in [-0.25, -0.2) is 0 Å². The average Bonchev–Trinajstić information content (AvgIpc) is 2.48. The highest BCUT2D eigenvalue weighted by Gasteiger charge is 2.28. The molecule has 3 nitrogen and oxygen atoms in total. The largest absolute Gasteiger partial charge is 0.340 e. The number of nitrogens with two attached hydrogens (primary N) is 1. The van der Waals surface area contributed by atoms with Gasteiger partial charge in [0.2, 0.25) is 5.91 Å². The Morgan fingerprint density at radius 3 is 2.67 bits per heavy atom. The summed E-state index contributed by atoms with van der Waals surface area (Å²) in [5.41, 5.74) is 6.99. The van der Waals surface area contributed by atoms with Crippen molar-refractivity contribution in [1.82, 2.24) is 4.90 Å². The smallest absolute Gasteiger partial charge is 0.223 e. The summed E-state index contributed by atoms with van der Waals surface area (Å²) in [5, 5.41) is 0. The summed E-state index contributed by atoms with van der Waals surface area (Å²) in [6.07, 6.45) is 2.78. The minimum atomic E-state index is 0.246. The van der Waals surface area contributed by atoms with Gasteiger partial charge in [-0.3, -0.25) is 4.79 Å². The Kier molecular flexibility index (Phi) is 5.82. The van der Waals surface area contributed by atoms with Gasteiger partial charge in [0.05, 0.1) is 0 Å². The fourth-order valence-electron chi connectivity index (χ4n) is 3.01. The number of rotatable bonds is 4. The van der Waals surface area contributed by atoms with E-state index in [0.29, 0.717) is 24.9 Å². The Bertz CT molecular complexity index is 474. The quantitative estimate of drug-likeness (QED) is 0.900. The Hall–Kier alpha value is -0.870. The average molecular weight is 353 g/mol. The molecule has 0 aliphatic carbocycles. The first-order valence-electron chi connectivity index (χ1n) is 7.76. The fraction of sp³-hybridized carbons (Fsp3) is 0.588. The molecule has 21 heavy (non-hydrogen) atoms. The maximum atomic E-state index is 12.6. The van der Waals surface area contributed by atoms with Crippen LogP contribution in [0.5, 0.6) is 0 Å². The topological polar surface area (TPSA) is 46.3 Å². The van der Waals surface area contributed by atoms with Crippen molar-refractivity contribution in [2.24, 2.45) is 11.7 Å². The molecule has 1 aliphatic heterocycles. The van der Waals surface area contributed by atoms with E-state index in [2.05, 4.69) is 41.9 Å². The minimum Gasteiger partial charge on any atom is -0.340 e. The van der Waals surface area contributed by atoms with Gasteiger partial charge < -0.3 is 10.6 Å². The summed E-state index contributed by atoms with van der Waals surface area (Å²) >= 11 is 3.44. The minimum absolute atomic E-state index is 0.246. The van der Waals surface area contributed by atoms with Gasteiger partial charge in [0.25, 0.3) is 0 Å². The van der Waals surface area contributed by atoms with Crippen molar-refractivity contribution < 1.29 is 4.79 Å². The van der Waals surface area contributed by atoms with Gasteiger partial charge in [0.15, 0.2) is 0 Å². The van der Waals surface area contributed by atoms with Crippen LogP contribution < -0.4 is 5.73 Å². The van der Waals surface area contributed by atoms with E-state index in [9.17, 15) is 4.79 Å². The highest BCUT2D eigenvalue weighted by molar-refractivity contribution is 9.10. The van der Waals surface area contributed by atoms with Crippen molar-refractivity contribution >= 4 is 21.8 Å². The molecule has 2 N–H and O–H groups in total. The van der Waals surface area contributed by atoms with Crippen molar-refractivity contribution in [3.8, 4) is 0 Å². The second-order valence-electron chi connectivity index (χ2n) is 6.23. The summed E-state index contributed by atoms with van der Waals surface area (Å²) in [7, 11) is 0. The zero-order valence-electron chi connectivity index (χ0n) is 12.9. The molecule has 3 atom stereocenters. The molecule has 0 bridgehead atoms. The number of hydrogen-bond acceptors (Lipinski definition) is 2. The highest BCUT2D eigenvalue weighted by Crippen LogP contribution is 2.26. The number of likely N-dealkylation sites (tertiary alicyclic amines) is 1. The third-order valence-corrected chi connectivity index (χ3v) is 5.08. The van der Waals surface area contributed by atoms with Crippen molar-refractivity contribution in [3.05, 3.63) is 34.3 Å². The number of benzene rings is 1. The van der Waals surface area contributed by atoms with E-state index in [-0.39, 0.29) is 11.8 Å². The van der Waals surface area contributed by atoms with E-state index in [1.165, 1.54) is 5.56 Å². The zero-order valence-corrected chi connectivity index (χ0v) is 14.5. The molecule has 116 valence electrons. The SMILES string of the molecule is CC(CC(=O)N1CC(CN)CCC1C)c1ccc(Br)cc1. The molecule has 3 unspecified atom stereocenters. The fourth-order valence-corrected chi connectivity index (χ4v) is 3.27. The number of halogens is 1. The molecule has 1 amide bonds. The number of carbonyl (C=O) groups excluding carboxylic acids is 1. The van der Waals surface area contributed by atoms with Gasteiger partial charge in [0.1, 0.15) is 0 Å². The van der Waals surface area contributed by atoms with E-state index in [1.54, 1.807) is 0 Å². The second kappa shape index (κ2) is 7.41. The lowest BCUT2D eigenvalue weighted by Gasteiger charge is -2.38. The summed E-state index contributed by atoms with van der Waals surface area (Å²) < 4.78 is 1.07. The van der Waals surface area contributed by atoms with Crippen LogP contribution in [0.4, 0.5) is 0 Å². The lowest BCUT2D eigenvalue weighted by atomic mass is 9.91. The Labute approximate surface area is 136 Å². The zero-order chi connectivity index (χ0) is 15.4. The van der Waals surface area contributed by atoms with Crippen LogP contribution in [-0.2, 0) is 4.79 Å². The Morgan fingerprint density at radius 1 is 1.38 bits per heavy atom. The Morgan fingerprint density at radius 2 is 2.05 bits per heavy atom. The van der Waals surface area contributed by atoms with Crippen molar-refractivity contribution in [1.29, 1.82) is 0 Å². The standard InChI is InChI=1S/C17H25BrN2O/c1-12(15-5-7-16(18)8-6-15)9-17(21)20-11-14(10-19)4-3-13(20)2/h5-8,12-14H,3-4,9-11,19H2,1-2H3. The first-order chi connectivity index (χ1) is 10.0. The molecule has 1 fully saturated rings. The predicted molar refractivity (Wildman–Crippen MR) is 90.1 cm³/mol. The van der Waals surface area contributed by atoms with Gasteiger partial charge in [-0.05, 0) is 55.8 Å². The monoisotopic (exact) mass is 352 g/mol. The summed E-state index contributed by atoms with van der Waals surface area (Å²) in [4.78, 5) is 14.6. The molecule has 2 rings (SSSR count). The number of nitrogens with zero attached hydrogens (tertiary/aromatic N) is 1. The van der Waals surface area contributed by atoms with E-state index in [0.717, 1.165) is 23.9 Å². The third-order valence-electron chi connectivity index (χ3n) is 4.55. The van der Waals surface area contributed by atoms with Crippen LogP contribution in [-0.4, -0.2) is 29.9 Å².